The number of amides is 1. The van der Waals surface area contributed by atoms with Gasteiger partial charge in [-0.3, -0.25) is 9.69 Å². The summed E-state index contributed by atoms with van der Waals surface area (Å²) in [5.41, 5.74) is 5.83. The lowest BCUT2D eigenvalue weighted by Crippen LogP contribution is -2.43. The minimum atomic E-state index is 0. The quantitative estimate of drug-likeness (QED) is 0.812. The van der Waals surface area contributed by atoms with Gasteiger partial charge in [-0.2, -0.15) is 0 Å². The summed E-state index contributed by atoms with van der Waals surface area (Å²) in [6.07, 6.45) is 5.81. The largest absolute Gasteiger partial charge is 0.352 e. The summed E-state index contributed by atoms with van der Waals surface area (Å²) in [6.45, 7) is 4.66. The minimum absolute atomic E-state index is 0. The molecule has 0 radical (unpaired) electrons. The number of nitrogens with one attached hydrogen (secondary N) is 1. The van der Waals surface area contributed by atoms with Crippen LogP contribution >= 0.6 is 12.4 Å². The lowest BCUT2D eigenvalue weighted by molar-refractivity contribution is -0.123. The van der Waals surface area contributed by atoms with E-state index in [-0.39, 0.29) is 24.4 Å². The van der Waals surface area contributed by atoms with Crippen LogP contribution in [0.1, 0.15) is 39.0 Å². The maximum absolute atomic E-state index is 11.9. The van der Waals surface area contributed by atoms with Crippen molar-refractivity contribution in [3.05, 3.63) is 0 Å². The van der Waals surface area contributed by atoms with Crippen molar-refractivity contribution in [2.45, 2.75) is 51.1 Å². The molecular formula is C13H26ClN3O. The van der Waals surface area contributed by atoms with Gasteiger partial charge >= 0.3 is 0 Å². The normalized spacial score (nSPS) is 32.9. The van der Waals surface area contributed by atoms with Crippen molar-refractivity contribution in [3.63, 3.8) is 0 Å². The molecule has 1 aliphatic heterocycles. The highest BCUT2D eigenvalue weighted by Crippen LogP contribution is 2.23. The zero-order valence-corrected chi connectivity index (χ0v) is 12.0. The van der Waals surface area contributed by atoms with Crippen molar-refractivity contribution in [2.75, 3.05) is 19.6 Å². The highest BCUT2D eigenvalue weighted by Gasteiger charge is 2.23. The van der Waals surface area contributed by atoms with Crippen molar-refractivity contribution in [1.82, 2.24) is 10.2 Å². The molecule has 2 aliphatic rings. The van der Waals surface area contributed by atoms with Gasteiger partial charge in [-0.25, -0.2) is 0 Å². The Kier molecular flexibility index (Phi) is 6.39. The summed E-state index contributed by atoms with van der Waals surface area (Å²) < 4.78 is 0. The Hall–Kier alpha value is -0.320. The summed E-state index contributed by atoms with van der Waals surface area (Å²) in [5.74, 6) is 1.01. The first-order valence-electron chi connectivity index (χ1n) is 6.91. The van der Waals surface area contributed by atoms with Gasteiger partial charge in [0.15, 0.2) is 0 Å². The molecule has 0 unspecified atom stereocenters. The molecule has 2 fully saturated rings. The molecule has 0 aromatic rings. The molecule has 1 amide bonds. The molecule has 2 rings (SSSR count). The second-order valence-corrected chi connectivity index (χ2v) is 5.81. The summed E-state index contributed by atoms with van der Waals surface area (Å²) >= 11 is 0. The van der Waals surface area contributed by atoms with E-state index < -0.39 is 0 Å². The first-order chi connectivity index (χ1) is 8.13. The maximum Gasteiger partial charge on any atom is 0.234 e. The molecule has 3 N–H and O–H groups in total. The zero-order valence-electron chi connectivity index (χ0n) is 11.2. The van der Waals surface area contributed by atoms with Crippen LogP contribution in [0.3, 0.4) is 0 Å². The highest BCUT2D eigenvalue weighted by molar-refractivity contribution is 5.85. The number of carbonyl (C=O) groups excluding carboxylic acids is 1. The van der Waals surface area contributed by atoms with E-state index in [4.69, 9.17) is 5.73 Å². The average molecular weight is 276 g/mol. The van der Waals surface area contributed by atoms with Gasteiger partial charge in [0.05, 0.1) is 6.54 Å². The molecule has 0 spiro atoms. The van der Waals surface area contributed by atoms with Gasteiger partial charge in [0.25, 0.3) is 0 Å². The van der Waals surface area contributed by atoms with Crippen molar-refractivity contribution < 1.29 is 4.79 Å². The number of nitrogens with two attached hydrogens (primary N) is 1. The monoisotopic (exact) mass is 275 g/mol. The Bertz CT molecular complexity index is 267. The molecule has 0 aromatic carbocycles. The second-order valence-electron chi connectivity index (χ2n) is 5.81. The van der Waals surface area contributed by atoms with E-state index in [2.05, 4.69) is 17.1 Å². The third kappa shape index (κ3) is 4.75. The summed E-state index contributed by atoms with van der Waals surface area (Å²) in [5, 5.41) is 3.16. The summed E-state index contributed by atoms with van der Waals surface area (Å²) in [6, 6.07) is 0.674. The molecule has 1 aliphatic carbocycles. The third-order valence-corrected chi connectivity index (χ3v) is 4.06. The van der Waals surface area contributed by atoms with E-state index in [9.17, 15) is 4.79 Å². The Labute approximate surface area is 116 Å². The first-order valence-corrected chi connectivity index (χ1v) is 6.91. The number of carbonyl (C=O) groups is 1. The van der Waals surface area contributed by atoms with E-state index in [1.807, 2.05) is 0 Å². The van der Waals surface area contributed by atoms with Crippen LogP contribution in [-0.4, -0.2) is 42.5 Å². The van der Waals surface area contributed by atoms with Crippen LogP contribution in [-0.2, 0) is 4.79 Å². The van der Waals surface area contributed by atoms with Gasteiger partial charge in [0, 0.05) is 25.2 Å². The lowest BCUT2D eigenvalue weighted by Gasteiger charge is -2.27. The van der Waals surface area contributed by atoms with E-state index in [0.717, 1.165) is 38.3 Å². The number of halogens is 1. The van der Waals surface area contributed by atoms with Crippen molar-refractivity contribution >= 4 is 18.3 Å². The average Bonchev–Trinajstić information content (AvgIpc) is 2.67. The van der Waals surface area contributed by atoms with Crippen molar-refractivity contribution in [1.29, 1.82) is 0 Å². The van der Waals surface area contributed by atoms with Gasteiger partial charge in [-0.1, -0.05) is 6.92 Å². The predicted molar refractivity (Wildman–Crippen MR) is 75.8 cm³/mol. The zero-order chi connectivity index (χ0) is 12.3. The number of nitrogens with zero attached hydrogens (tertiary/aromatic N) is 1. The summed E-state index contributed by atoms with van der Waals surface area (Å²) in [7, 11) is 0. The fraction of sp³-hybridized carbons (Fsp3) is 0.923. The van der Waals surface area contributed by atoms with Gasteiger partial charge in [-0.05, 0) is 38.0 Å². The fourth-order valence-corrected chi connectivity index (χ4v) is 2.89. The predicted octanol–water partition coefficient (Wildman–Crippen LogP) is 1.14. The van der Waals surface area contributed by atoms with Crippen LogP contribution in [0.2, 0.25) is 0 Å². The maximum atomic E-state index is 11.9. The van der Waals surface area contributed by atoms with Gasteiger partial charge in [0.1, 0.15) is 0 Å². The number of likely N-dealkylation sites (tertiary alicyclic amines) is 1. The Morgan fingerprint density at radius 1 is 1.28 bits per heavy atom. The van der Waals surface area contributed by atoms with Gasteiger partial charge in [-0.15, -0.1) is 12.4 Å². The van der Waals surface area contributed by atoms with Crippen LogP contribution < -0.4 is 11.1 Å². The van der Waals surface area contributed by atoms with Crippen molar-refractivity contribution in [3.8, 4) is 0 Å². The highest BCUT2D eigenvalue weighted by atomic mass is 35.5. The van der Waals surface area contributed by atoms with Crippen LogP contribution in [0.4, 0.5) is 0 Å². The fourth-order valence-electron chi connectivity index (χ4n) is 2.89. The van der Waals surface area contributed by atoms with Crippen LogP contribution in [0.15, 0.2) is 0 Å². The molecule has 106 valence electrons. The topological polar surface area (TPSA) is 58.4 Å². The van der Waals surface area contributed by atoms with Crippen molar-refractivity contribution in [2.24, 2.45) is 11.7 Å². The van der Waals surface area contributed by atoms with Crippen LogP contribution in [0, 0.1) is 5.92 Å². The molecule has 0 bridgehead atoms. The van der Waals surface area contributed by atoms with Gasteiger partial charge < -0.3 is 11.1 Å². The van der Waals surface area contributed by atoms with E-state index >= 15 is 0 Å². The minimum Gasteiger partial charge on any atom is -0.352 e. The number of rotatable bonds is 3. The SMILES string of the molecule is CC1CCC(NC(=O)CN2CC[C@H](N)C2)CC1.Cl. The van der Waals surface area contributed by atoms with E-state index in [1.165, 1.54) is 12.8 Å². The lowest BCUT2D eigenvalue weighted by atomic mass is 9.87. The molecule has 1 saturated heterocycles. The first kappa shape index (κ1) is 15.7. The Morgan fingerprint density at radius 3 is 2.50 bits per heavy atom. The molecule has 1 saturated carbocycles. The standard InChI is InChI=1S/C13H25N3O.ClH/c1-10-2-4-12(5-3-10)15-13(17)9-16-7-6-11(14)8-16;/h10-12H,2-9,14H2,1H3,(H,15,17);1H/t10?,11-,12?;/m0./s1. The smallest absolute Gasteiger partial charge is 0.234 e. The van der Waals surface area contributed by atoms with E-state index in [0.29, 0.717) is 12.6 Å². The Morgan fingerprint density at radius 2 is 1.94 bits per heavy atom. The molecule has 4 nitrogen and oxygen atoms in total. The third-order valence-electron chi connectivity index (χ3n) is 4.06. The Balaban J connectivity index is 0.00000162. The van der Waals surface area contributed by atoms with Crippen LogP contribution in [0.5, 0.6) is 0 Å². The molecular weight excluding hydrogens is 250 g/mol. The molecule has 1 atom stereocenters. The molecule has 18 heavy (non-hydrogen) atoms. The number of hydrogen-bond donors (Lipinski definition) is 2. The number of hydrogen-bond acceptors (Lipinski definition) is 3. The molecule has 0 aromatic heterocycles. The van der Waals surface area contributed by atoms with Crippen LogP contribution in [0.25, 0.3) is 0 Å². The second kappa shape index (κ2) is 7.31. The van der Waals surface area contributed by atoms with E-state index in [1.54, 1.807) is 0 Å². The molecule has 1 heterocycles. The molecule has 5 heteroatoms. The van der Waals surface area contributed by atoms with Gasteiger partial charge in [0.2, 0.25) is 5.91 Å². The summed E-state index contributed by atoms with van der Waals surface area (Å²) in [4.78, 5) is 14.0.